The Morgan fingerprint density at radius 3 is 2.12 bits per heavy atom. The number of Topliss-reactive ketones (excluding diaryl/α,β-unsaturated/α-hetero) is 1. The number of hydrogen-bond acceptors (Lipinski definition) is 7. The van der Waals surface area contributed by atoms with Gasteiger partial charge in [0, 0.05) is 64.2 Å². The summed E-state index contributed by atoms with van der Waals surface area (Å²) in [6.07, 6.45) is 1.86. The maximum Gasteiger partial charge on any atom is 0.243 e. The van der Waals surface area contributed by atoms with Gasteiger partial charge in [-0.25, -0.2) is 21.1 Å². The van der Waals surface area contributed by atoms with Gasteiger partial charge in [-0.3, -0.25) is 9.69 Å². The Morgan fingerprint density at radius 1 is 0.909 bits per heavy atom. The van der Waals surface area contributed by atoms with Crippen LogP contribution in [0.3, 0.4) is 0 Å². The molecule has 1 fully saturated rings. The van der Waals surface area contributed by atoms with Crippen molar-refractivity contribution in [1.82, 2.24) is 9.21 Å². The van der Waals surface area contributed by atoms with Crippen LogP contribution in [-0.2, 0) is 19.9 Å². The van der Waals surface area contributed by atoms with Gasteiger partial charge in [0.1, 0.15) is 4.90 Å². The number of hydrogen-bond donors (Lipinski definition) is 0. The molecule has 0 unspecified atom stereocenters. The lowest BCUT2D eigenvalue weighted by Gasteiger charge is -2.36. The predicted octanol–water partition coefficient (Wildman–Crippen LogP) is 2.13. The van der Waals surface area contributed by atoms with Crippen molar-refractivity contribution in [2.24, 2.45) is 0 Å². The van der Waals surface area contributed by atoms with E-state index in [0.717, 1.165) is 43.3 Å². The van der Waals surface area contributed by atoms with E-state index in [9.17, 15) is 21.6 Å². The van der Waals surface area contributed by atoms with Gasteiger partial charge in [0.15, 0.2) is 15.6 Å². The SMILES string of the molecule is CN(C)S(=O)(=O)c1cc(C(=O)CCCN2CCN(c3ccccc3)CC2)ccc1S(C)(=O)=O. The summed E-state index contributed by atoms with van der Waals surface area (Å²) in [5.41, 5.74) is 1.42. The summed E-state index contributed by atoms with van der Waals surface area (Å²) in [6.45, 7) is 4.46. The normalized spacial score (nSPS) is 15.7. The van der Waals surface area contributed by atoms with Gasteiger partial charge in [-0.05, 0) is 37.2 Å². The van der Waals surface area contributed by atoms with E-state index in [1.54, 1.807) is 0 Å². The first-order valence-electron chi connectivity index (χ1n) is 10.8. The molecule has 1 aliphatic rings. The number of carbonyl (C=O) groups excluding carboxylic acids is 1. The highest BCUT2D eigenvalue weighted by molar-refractivity contribution is 7.93. The molecular weight excluding hydrogens is 462 g/mol. The molecule has 0 amide bonds. The van der Waals surface area contributed by atoms with E-state index in [-0.39, 0.29) is 27.6 Å². The number of anilines is 1. The third kappa shape index (κ3) is 6.20. The molecule has 0 spiro atoms. The third-order valence-corrected chi connectivity index (χ3v) is 8.93. The van der Waals surface area contributed by atoms with Crippen molar-refractivity contribution in [3.63, 3.8) is 0 Å². The third-order valence-electron chi connectivity index (χ3n) is 5.80. The highest BCUT2D eigenvalue weighted by Gasteiger charge is 2.27. The molecule has 180 valence electrons. The Bertz CT molecular complexity index is 1190. The fourth-order valence-corrected chi connectivity index (χ4v) is 6.36. The van der Waals surface area contributed by atoms with Crippen LogP contribution >= 0.6 is 0 Å². The summed E-state index contributed by atoms with van der Waals surface area (Å²) in [7, 11) is -5.15. The van der Waals surface area contributed by atoms with Crippen LogP contribution in [0.2, 0.25) is 0 Å². The van der Waals surface area contributed by atoms with Crippen molar-refractivity contribution in [3.8, 4) is 0 Å². The second-order valence-electron chi connectivity index (χ2n) is 8.41. The molecule has 0 saturated carbocycles. The summed E-state index contributed by atoms with van der Waals surface area (Å²) in [5, 5.41) is 0. The number of ketones is 1. The average Bonchev–Trinajstić information content (AvgIpc) is 2.79. The molecule has 1 saturated heterocycles. The van der Waals surface area contributed by atoms with Crippen LogP contribution in [0.1, 0.15) is 23.2 Å². The number of carbonyl (C=O) groups is 1. The minimum atomic E-state index is -4.02. The van der Waals surface area contributed by atoms with Gasteiger partial charge in [-0.1, -0.05) is 24.3 Å². The van der Waals surface area contributed by atoms with Crippen molar-refractivity contribution in [2.45, 2.75) is 22.6 Å². The van der Waals surface area contributed by atoms with Crippen molar-refractivity contribution < 1.29 is 21.6 Å². The quantitative estimate of drug-likeness (QED) is 0.494. The van der Waals surface area contributed by atoms with Gasteiger partial charge in [-0.2, -0.15) is 0 Å². The van der Waals surface area contributed by atoms with Gasteiger partial charge in [0.2, 0.25) is 10.0 Å². The number of sulfonamides is 1. The molecule has 3 rings (SSSR count). The average molecular weight is 494 g/mol. The Kier molecular flexibility index (Phi) is 7.94. The number of piperazine rings is 1. The van der Waals surface area contributed by atoms with E-state index >= 15 is 0 Å². The molecule has 10 heteroatoms. The Morgan fingerprint density at radius 2 is 1.55 bits per heavy atom. The van der Waals surface area contributed by atoms with Gasteiger partial charge >= 0.3 is 0 Å². The zero-order valence-corrected chi connectivity index (χ0v) is 20.9. The summed E-state index contributed by atoms with van der Waals surface area (Å²) in [4.78, 5) is 16.7. The van der Waals surface area contributed by atoms with Crippen molar-refractivity contribution >= 4 is 31.3 Å². The molecule has 0 bridgehead atoms. The Hall–Kier alpha value is -2.27. The van der Waals surface area contributed by atoms with E-state index in [0.29, 0.717) is 6.42 Å². The second-order valence-corrected chi connectivity index (χ2v) is 12.5. The van der Waals surface area contributed by atoms with Crippen LogP contribution in [0, 0.1) is 0 Å². The van der Waals surface area contributed by atoms with E-state index in [4.69, 9.17) is 0 Å². The lowest BCUT2D eigenvalue weighted by molar-refractivity contribution is 0.0974. The first-order chi connectivity index (χ1) is 15.5. The number of para-hydroxylation sites is 1. The standard InChI is InChI=1S/C23H31N3O5S2/c1-24(2)33(30,31)23-18-19(11-12-22(23)32(3,28)29)21(27)10-7-13-25-14-16-26(17-15-25)20-8-5-4-6-9-20/h4-6,8-9,11-12,18H,7,10,13-17H2,1-3H3. The van der Waals surface area contributed by atoms with Gasteiger partial charge in [0.05, 0.1) is 4.90 Å². The number of rotatable bonds is 9. The van der Waals surface area contributed by atoms with E-state index in [2.05, 4.69) is 21.9 Å². The summed E-state index contributed by atoms with van der Waals surface area (Å²) >= 11 is 0. The van der Waals surface area contributed by atoms with Crippen LogP contribution in [0.25, 0.3) is 0 Å². The zero-order valence-electron chi connectivity index (χ0n) is 19.3. The van der Waals surface area contributed by atoms with Crippen molar-refractivity contribution in [1.29, 1.82) is 0 Å². The molecule has 0 atom stereocenters. The molecule has 2 aromatic rings. The lowest BCUT2D eigenvalue weighted by Crippen LogP contribution is -2.46. The molecule has 0 aliphatic carbocycles. The lowest BCUT2D eigenvalue weighted by atomic mass is 10.1. The predicted molar refractivity (Wildman–Crippen MR) is 129 cm³/mol. The second kappa shape index (κ2) is 10.3. The number of benzene rings is 2. The van der Waals surface area contributed by atoms with E-state index < -0.39 is 19.9 Å². The summed E-state index contributed by atoms with van der Waals surface area (Å²) in [6, 6.07) is 14.1. The molecule has 1 heterocycles. The van der Waals surface area contributed by atoms with E-state index in [1.165, 1.54) is 38.0 Å². The summed E-state index contributed by atoms with van der Waals surface area (Å²) < 4.78 is 50.4. The van der Waals surface area contributed by atoms with Crippen LogP contribution < -0.4 is 4.90 Å². The molecule has 8 nitrogen and oxygen atoms in total. The molecule has 0 aromatic heterocycles. The highest BCUT2D eigenvalue weighted by atomic mass is 32.2. The monoisotopic (exact) mass is 493 g/mol. The fourth-order valence-electron chi connectivity index (χ4n) is 3.86. The topological polar surface area (TPSA) is 95.1 Å². The molecule has 1 aliphatic heterocycles. The Labute approximate surface area is 196 Å². The molecule has 33 heavy (non-hydrogen) atoms. The molecule has 0 radical (unpaired) electrons. The maximum absolute atomic E-state index is 12.7. The van der Waals surface area contributed by atoms with Gasteiger partial charge in [-0.15, -0.1) is 0 Å². The van der Waals surface area contributed by atoms with Crippen LogP contribution in [0.5, 0.6) is 0 Å². The number of nitrogens with zero attached hydrogens (tertiary/aromatic N) is 3. The van der Waals surface area contributed by atoms with Gasteiger partial charge in [0.25, 0.3) is 0 Å². The zero-order chi connectivity index (χ0) is 24.2. The Balaban J connectivity index is 1.61. The first kappa shape index (κ1) is 25.4. The highest BCUT2D eigenvalue weighted by Crippen LogP contribution is 2.25. The van der Waals surface area contributed by atoms with E-state index in [1.807, 2.05) is 18.2 Å². The minimum absolute atomic E-state index is 0.201. The smallest absolute Gasteiger partial charge is 0.243 e. The maximum atomic E-state index is 12.7. The molecular formula is C23H31N3O5S2. The van der Waals surface area contributed by atoms with Crippen molar-refractivity contribution in [3.05, 3.63) is 54.1 Å². The summed E-state index contributed by atoms with van der Waals surface area (Å²) in [5.74, 6) is -0.201. The fraction of sp³-hybridized carbons (Fsp3) is 0.435. The first-order valence-corrected chi connectivity index (χ1v) is 14.2. The van der Waals surface area contributed by atoms with Crippen LogP contribution in [0.4, 0.5) is 5.69 Å². The largest absolute Gasteiger partial charge is 0.369 e. The van der Waals surface area contributed by atoms with Crippen molar-refractivity contribution in [2.75, 3.05) is 58.0 Å². The van der Waals surface area contributed by atoms with Crippen LogP contribution in [-0.4, -0.2) is 84.9 Å². The van der Waals surface area contributed by atoms with Crippen LogP contribution in [0.15, 0.2) is 58.3 Å². The molecule has 2 aromatic carbocycles. The van der Waals surface area contributed by atoms with Gasteiger partial charge < -0.3 is 4.90 Å². The molecule has 0 N–H and O–H groups in total. The minimum Gasteiger partial charge on any atom is -0.369 e. The number of sulfone groups is 1.